The SMILES string of the molecule is CC1(C)SC12C(C)(C)S(=O)(=O)C2(C)C. The standard InChI is InChI=1S/C10H18O2S2/c1-7(2)10(13-7)8(3,4)14(11,12)9(10,5)6/h1-6H3. The second-order valence-electron chi connectivity index (χ2n) is 5.82. The van der Waals surface area contributed by atoms with Gasteiger partial charge in [-0.1, -0.05) is 0 Å². The maximum Gasteiger partial charge on any atom is 0.163 e. The van der Waals surface area contributed by atoms with Crippen molar-refractivity contribution in [3.05, 3.63) is 0 Å². The van der Waals surface area contributed by atoms with E-state index >= 15 is 0 Å². The zero-order valence-electron chi connectivity index (χ0n) is 9.63. The predicted molar refractivity (Wildman–Crippen MR) is 61.5 cm³/mol. The van der Waals surface area contributed by atoms with E-state index in [4.69, 9.17) is 0 Å². The average Bonchev–Trinajstić information content (AvgIpc) is 2.55. The van der Waals surface area contributed by atoms with E-state index in [0.717, 1.165) is 0 Å². The van der Waals surface area contributed by atoms with E-state index in [1.807, 2.05) is 39.5 Å². The number of thioether (sulfide) groups is 1. The monoisotopic (exact) mass is 234 g/mol. The van der Waals surface area contributed by atoms with Crippen LogP contribution in [0.1, 0.15) is 41.5 Å². The number of hydrogen-bond donors (Lipinski definition) is 0. The van der Waals surface area contributed by atoms with Crippen LogP contribution in [0.3, 0.4) is 0 Å². The van der Waals surface area contributed by atoms with E-state index in [2.05, 4.69) is 13.8 Å². The molecule has 0 aromatic carbocycles. The Balaban J connectivity index is 2.61. The third-order valence-electron chi connectivity index (χ3n) is 4.25. The van der Waals surface area contributed by atoms with Crippen LogP contribution in [0.4, 0.5) is 0 Å². The topological polar surface area (TPSA) is 34.1 Å². The van der Waals surface area contributed by atoms with Crippen LogP contribution in [0.15, 0.2) is 0 Å². The van der Waals surface area contributed by atoms with Crippen molar-refractivity contribution in [2.45, 2.75) is 60.5 Å². The van der Waals surface area contributed by atoms with Crippen molar-refractivity contribution in [3.63, 3.8) is 0 Å². The molecule has 2 nitrogen and oxygen atoms in total. The van der Waals surface area contributed by atoms with Gasteiger partial charge in [0.25, 0.3) is 0 Å². The molecule has 0 N–H and O–H groups in total. The van der Waals surface area contributed by atoms with Crippen molar-refractivity contribution in [2.24, 2.45) is 0 Å². The lowest BCUT2D eigenvalue weighted by Crippen LogP contribution is -2.76. The van der Waals surface area contributed by atoms with Crippen LogP contribution in [-0.2, 0) is 9.84 Å². The first-order valence-corrected chi connectivity index (χ1v) is 7.20. The quantitative estimate of drug-likeness (QED) is 0.603. The van der Waals surface area contributed by atoms with Crippen molar-refractivity contribution >= 4 is 21.6 Å². The molecule has 2 rings (SSSR count). The van der Waals surface area contributed by atoms with Gasteiger partial charge >= 0.3 is 0 Å². The van der Waals surface area contributed by atoms with Gasteiger partial charge in [-0.3, -0.25) is 0 Å². The molecule has 0 amide bonds. The van der Waals surface area contributed by atoms with Gasteiger partial charge in [-0.15, -0.1) is 11.8 Å². The van der Waals surface area contributed by atoms with Crippen molar-refractivity contribution in [3.8, 4) is 0 Å². The summed E-state index contributed by atoms with van der Waals surface area (Å²) in [6.07, 6.45) is 0. The highest BCUT2D eigenvalue weighted by Crippen LogP contribution is 2.82. The second-order valence-corrected chi connectivity index (χ2v) is 10.7. The van der Waals surface area contributed by atoms with Gasteiger partial charge in [-0.05, 0) is 41.5 Å². The molecule has 14 heavy (non-hydrogen) atoms. The summed E-state index contributed by atoms with van der Waals surface area (Å²) in [5, 5.41) is 0. The minimum Gasteiger partial charge on any atom is -0.228 e. The number of rotatable bonds is 0. The molecular formula is C10H18O2S2. The molecule has 0 radical (unpaired) electrons. The van der Waals surface area contributed by atoms with Gasteiger partial charge in [0.05, 0.1) is 14.2 Å². The third kappa shape index (κ3) is 0.646. The van der Waals surface area contributed by atoms with Gasteiger partial charge in [-0.2, -0.15) is 0 Å². The Labute approximate surface area is 90.8 Å². The molecule has 0 unspecified atom stereocenters. The lowest BCUT2D eigenvalue weighted by Gasteiger charge is -2.57. The summed E-state index contributed by atoms with van der Waals surface area (Å²) in [4.78, 5) is 0. The van der Waals surface area contributed by atoms with Crippen molar-refractivity contribution in [2.75, 3.05) is 0 Å². The summed E-state index contributed by atoms with van der Waals surface area (Å²) >= 11 is 1.82. The van der Waals surface area contributed by atoms with Gasteiger partial charge < -0.3 is 0 Å². The van der Waals surface area contributed by atoms with E-state index in [9.17, 15) is 8.42 Å². The second kappa shape index (κ2) is 2.05. The lowest BCUT2D eigenvalue weighted by atomic mass is 9.74. The molecule has 0 saturated carbocycles. The van der Waals surface area contributed by atoms with Crippen LogP contribution in [-0.4, -0.2) is 27.4 Å². The summed E-state index contributed by atoms with van der Waals surface area (Å²) in [5.41, 5.74) is 0. The molecule has 2 aliphatic heterocycles. The fraction of sp³-hybridized carbons (Fsp3) is 1.00. The lowest BCUT2D eigenvalue weighted by molar-refractivity contribution is 0.295. The van der Waals surface area contributed by atoms with Crippen LogP contribution in [0.2, 0.25) is 0 Å². The van der Waals surface area contributed by atoms with Crippen LogP contribution < -0.4 is 0 Å². The van der Waals surface area contributed by atoms with Crippen molar-refractivity contribution in [1.29, 1.82) is 0 Å². The molecule has 1 spiro atoms. The maximum atomic E-state index is 12.1. The number of sulfone groups is 1. The number of hydrogen-bond acceptors (Lipinski definition) is 3. The van der Waals surface area contributed by atoms with Crippen LogP contribution in [0.5, 0.6) is 0 Å². The van der Waals surface area contributed by atoms with E-state index in [1.165, 1.54) is 0 Å². The highest BCUT2D eigenvalue weighted by molar-refractivity contribution is 8.14. The van der Waals surface area contributed by atoms with E-state index in [1.54, 1.807) is 0 Å². The van der Waals surface area contributed by atoms with Crippen LogP contribution >= 0.6 is 11.8 Å². The predicted octanol–water partition coefficient (Wildman–Crippen LogP) is 2.24. The van der Waals surface area contributed by atoms with Gasteiger partial charge in [0, 0.05) is 4.75 Å². The van der Waals surface area contributed by atoms with E-state index < -0.39 is 19.3 Å². The highest BCUT2D eigenvalue weighted by Gasteiger charge is 2.90. The zero-order valence-corrected chi connectivity index (χ0v) is 11.3. The maximum absolute atomic E-state index is 12.1. The fourth-order valence-corrected chi connectivity index (χ4v) is 9.40. The van der Waals surface area contributed by atoms with E-state index in [-0.39, 0.29) is 9.49 Å². The first-order chi connectivity index (χ1) is 5.96. The molecule has 0 aromatic heterocycles. The Morgan fingerprint density at radius 1 is 0.857 bits per heavy atom. The van der Waals surface area contributed by atoms with Crippen molar-refractivity contribution < 1.29 is 8.42 Å². The third-order valence-corrected chi connectivity index (χ3v) is 10.3. The summed E-state index contributed by atoms with van der Waals surface area (Å²) in [5.74, 6) is 0. The van der Waals surface area contributed by atoms with Gasteiger partial charge in [-0.25, -0.2) is 8.42 Å². The molecule has 0 bridgehead atoms. The Morgan fingerprint density at radius 2 is 1.14 bits per heavy atom. The molecule has 0 atom stereocenters. The molecule has 2 saturated heterocycles. The molecule has 2 heterocycles. The summed E-state index contributed by atoms with van der Waals surface area (Å²) in [7, 11) is -2.97. The van der Waals surface area contributed by atoms with Crippen LogP contribution in [0, 0.1) is 0 Å². The zero-order chi connectivity index (χ0) is 11.2. The first-order valence-electron chi connectivity index (χ1n) is 4.90. The van der Waals surface area contributed by atoms with E-state index in [0.29, 0.717) is 0 Å². The molecule has 0 aliphatic carbocycles. The molecule has 2 fully saturated rings. The molecular weight excluding hydrogens is 216 g/mol. The largest absolute Gasteiger partial charge is 0.228 e. The first kappa shape index (κ1) is 10.8. The molecule has 4 heteroatoms. The molecule has 82 valence electrons. The molecule has 2 aliphatic rings. The Morgan fingerprint density at radius 3 is 1.29 bits per heavy atom. The normalized spacial score (nSPS) is 37.6. The molecule has 0 aromatic rings. The smallest absolute Gasteiger partial charge is 0.163 e. The Hall–Kier alpha value is 0.300. The Kier molecular flexibility index (Phi) is 1.59. The summed E-state index contributed by atoms with van der Waals surface area (Å²) < 4.78 is 23.1. The minimum absolute atomic E-state index is 0.0775. The summed E-state index contributed by atoms with van der Waals surface area (Å²) in [6.45, 7) is 11.8. The van der Waals surface area contributed by atoms with Crippen LogP contribution in [0.25, 0.3) is 0 Å². The minimum atomic E-state index is -2.97. The fourth-order valence-electron chi connectivity index (χ4n) is 3.75. The van der Waals surface area contributed by atoms with Gasteiger partial charge in [0.2, 0.25) is 0 Å². The van der Waals surface area contributed by atoms with Gasteiger partial charge in [0.15, 0.2) is 9.84 Å². The van der Waals surface area contributed by atoms with Crippen molar-refractivity contribution in [1.82, 2.24) is 0 Å². The highest BCUT2D eigenvalue weighted by atomic mass is 32.2. The average molecular weight is 234 g/mol. The van der Waals surface area contributed by atoms with Gasteiger partial charge in [0.1, 0.15) is 0 Å². The Bertz CT molecular complexity index is 380. The summed E-state index contributed by atoms with van der Waals surface area (Å²) in [6, 6.07) is 0.